The SMILES string of the molecule is O=C(O)CCC[C@H](O)[C@H](O)/C=C/C=C/C#Cc1ccccc1. The van der Waals surface area contributed by atoms with Crippen LogP contribution in [0.1, 0.15) is 24.8 Å². The Kier molecular flexibility index (Phi) is 8.36. The van der Waals surface area contributed by atoms with E-state index >= 15 is 0 Å². The normalized spacial score (nSPS) is 13.7. The highest BCUT2D eigenvalue weighted by Crippen LogP contribution is 2.06. The quantitative estimate of drug-likeness (QED) is 0.532. The highest BCUT2D eigenvalue weighted by atomic mass is 16.4. The first kappa shape index (κ1) is 17.7. The van der Waals surface area contributed by atoms with Crippen molar-refractivity contribution in [1.82, 2.24) is 0 Å². The molecule has 0 aliphatic rings. The molecule has 0 bridgehead atoms. The first-order chi connectivity index (χ1) is 10.6. The lowest BCUT2D eigenvalue weighted by Crippen LogP contribution is -2.23. The van der Waals surface area contributed by atoms with E-state index in [-0.39, 0.29) is 12.8 Å². The van der Waals surface area contributed by atoms with Gasteiger partial charge in [-0.25, -0.2) is 0 Å². The van der Waals surface area contributed by atoms with E-state index in [1.54, 1.807) is 18.2 Å². The number of hydrogen-bond donors (Lipinski definition) is 3. The van der Waals surface area contributed by atoms with Gasteiger partial charge >= 0.3 is 5.97 Å². The third-order valence-corrected chi connectivity index (χ3v) is 2.87. The number of aliphatic hydroxyl groups excluding tert-OH is 2. The minimum atomic E-state index is -1.01. The van der Waals surface area contributed by atoms with Crippen molar-refractivity contribution in [3.8, 4) is 11.8 Å². The maximum atomic E-state index is 10.3. The van der Waals surface area contributed by atoms with Crippen molar-refractivity contribution in [3.63, 3.8) is 0 Å². The molecule has 0 radical (unpaired) electrons. The van der Waals surface area contributed by atoms with E-state index in [2.05, 4.69) is 11.8 Å². The minimum absolute atomic E-state index is 0.0114. The van der Waals surface area contributed by atoms with E-state index in [0.717, 1.165) is 5.56 Å². The van der Waals surface area contributed by atoms with Crippen LogP contribution in [0.4, 0.5) is 0 Å². The van der Waals surface area contributed by atoms with Crippen molar-refractivity contribution >= 4 is 5.97 Å². The molecule has 0 saturated heterocycles. The number of benzene rings is 1. The van der Waals surface area contributed by atoms with Gasteiger partial charge in [0, 0.05) is 12.0 Å². The molecule has 1 aromatic carbocycles. The van der Waals surface area contributed by atoms with Crippen LogP contribution in [0.5, 0.6) is 0 Å². The van der Waals surface area contributed by atoms with Crippen LogP contribution in [0.25, 0.3) is 0 Å². The second-order valence-corrected chi connectivity index (χ2v) is 4.72. The number of hydrogen-bond acceptors (Lipinski definition) is 3. The second kappa shape index (κ2) is 10.4. The van der Waals surface area contributed by atoms with Crippen molar-refractivity contribution in [2.24, 2.45) is 0 Å². The van der Waals surface area contributed by atoms with Crippen LogP contribution >= 0.6 is 0 Å². The number of carbonyl (C=O) groups is 1. The molecule has 2 atom stereocenters. The number of aliphatic carboxylic acids is 1. The molecule has 116 valence electrons. The minimum Gasteiger partial charge on any atom is -0.481 e. The van der Waals surface area contributed by atoms with Crippen LogP contribution in [0.3, 0.4) is 0 Å². The molecule has 0 spiro atoms. The summed E-state index contributed by atoms with van der Waals surface area (Å²) in [5.74, 6) is 4.91. The monoisotopic (exact) mass is 300 g/mol. The van der Waals surface area contributed by atoms with Gasteiger partial charge in [0.1, 0.15) is 0 Å². The van der Waals surface area contributed by atoms with Gasteiger partial charge in [0.2, 0.25) is 0 Å². The maximum Gasteiger partial charge on any atom is 0.303 e. The Labute approximate surface area is 130 Å². The molecular weight excluding hydrogens is 280 g/mol. The Morgan fingerprint density at radius 3 is 2.59 bits per heavy atom. The third kappa shape index (κ3) is 8.05. The van der Waals surface area contributed by atoms with Crippen molar-refractivity contribution in [3.05, 3.63) is 60.2 Å². The summed E-state index contributed by atoms with van der Waals surface area (Å²) in [7, 11) is 0. The summed E-state index contributed by atoms with van der Waals surface area (Å²) in [5.41, 5.74) is 0.921. The molecule has 0 aliphatic carbocycles. The third-order valence-electron chi connectivity index (χ3n) is 2.87. The maximum absolute atomic E-state index is 10.3. The lowest BCUT2D eigenvalue weighted by Gasteiger charge is -2.13. The van der Waals surface area contributed by atoms with Gasteiger partial charge in [-0.1, -0.05) is 48.3 Å². The van der Waals surface area contributed by atoms with Crippen molar-refractivity contribution in [2.75, 3.05) is 0 Å². The van der Waals surface area contributed by atoms with E-state index in [4.69, 9.17) is 5.11 Å². The first-order valence-corrected chi connectivity index (χ1v) is 7.07. The Hall–Kier alpha value is -2.35. The zero-order valence-electron chi connectivity index (χ0n) is 12.2. The molecule has 1 aromatic rings. The Morgan fingerprint density at radius 1 is 1.18 bits per heavy atom. The summed E-state index contributed by atoms with van der Waals surface area (Å²) >= 11 is 0. The summed E-state index contributed by atoms with van der Waals surface area (Å²) in [6.07, 6.45) is 4.96. The van der Waals surface area contributed by atoms with Gasteiger partial charge in [0.25, 0.3) is 0 Å². The summed E-state index contributed by atoms with van der Waals surface area (Å²) in [5, 5.41) is 27.8. The molecule has 4 nitrogen and oxygen atoms in total. The smallest absolute Gasteiger partial charge is 0.303 e. The number of aliphatic hydroxyl groups is 2. The summed E-state index contributed by atoms with van der Waals surface area (Å²) < 4.78 is 0. The van der Waals surface area contributed by atoms with Gasteiger partial charge < -0.3 is 15.3 Å². The molecular formula is C18H20O4. The van der Waals surface area contributed by atoms with E-state index in [9.17, 15) is 15.0 Å². The number of allylic oxidation sites excluding steroid dienone is 3. The Bertz CT molecular complexity index is 564. The summed E-state index contributed by atoms with van der Waals surface area (Å²) in [4.78, 5) is 10.3. The average Bonchev–Trinajstić information content (AvgIpc) is 2.51. The van der Waals surface area contributed by atoms with Gasteiger partial charge in [-0.05, 0) is 31.1 Å². The van der Waals surface area contributed by atoms with Gasteiger partial charge in [-0.2, -0.15) is 0 Å². The zero-order valence-corrected chi connectivity index (χ0v) is 12.2. The van der Waals surface area contributed by atoms with Crippen LogP contribution in [0, 0.1) is 11.8 Å². The lowest BCUT2D eigenvalue weighted by molar-refractivity contribution is -0.137. The number of rotatable bonds is 7. The summed E-state index contributed by atoms with van der Waals surface area (Å²) in [6.45, 7) is 0. The van der Waals surface area contributed by atoms with Crippen LogP contribution < -0.4 is 0 Å². The van der Waals surface area contributed by atoms with Crippen LogP contribution in [-0.2, 0) is 4.79 Å². The van der Waals surface area contributed by atoms with Crippen molar-refractivity contribution < 1.29 is 20.1 Å². The lowest BCUT2D eigenvalue weighted by atomic mass is 10.1. The van der Waals surface area contributed by atoms with Gasteiger partial charge in [0.15, 0.2) is 0 Å². The molecule has 0 amide bonds. The molecule has 0 aliphatic heterocycles. The zero-order chi connectivity index (χ0) is 16.2. The van der Waals surface area contributed by atoms with Gasteiger partial charge in [-0.15, -0.1) is 0 Å². The summed E-state index contributed by atoms with van der Waals surface area (Å²) in [6, 6.07) is 9.57. The predicted octanol–water partition coefficient (Wildman–Crippen LogP) is 2.13. The number of carboxylic acids is 1. The molecule has 3 N–H and O–H groups in total. The largest absolute Gasteiger partial charge is 0.481 e. The molecule has 0 aromatic heterocycles. The van der Waals surface area contributed by atoms with Crippen LogP contribution in [-0.4, -0.2) is 33.5 Å². The van der Waals surface area contributed by atoms with E-state index in [1.807, 2.05) is 30.3 Å². The standard InChI is InChI=1S/C18H20O4/c19-16(17(20)13-8-14-18(21)22)12-7-2-1-4-9-15-10-5-3-6-11-15/h1-3,5-7,10-12,16-17,19-20H,8,13-14H2,(H,21,22)/b2-1+,12-7+/t16-,17+/m1/s1. The highest BCUT2D eigenvalue weighted by Gasteiger charge is 2.12. The van der Waals surface area contributed by atoms with Gasteiger partial charge in [-0.3, -0.25) is 4.79 Å². The molecule has 0 saturated carbocycles. The fourth-order valence-corrected chi connectivity index (χ4v) is 1.69. The van der Waals surface area contributed by atoms with E-state index in [0.29, 0.717) is 6.42 Å². The van der Waals surface area contributed by atoms with Crippen LogP contribution in [0.15, 0.2) is 54.6 Å². The van der Waals surface area contributed by atoms with E-state index < -0.39 is 18.2 Å². The Morgan fingerprint density at radius 2 is 1.91 bits per heavy atom. The first-order valence-electron chi connectivity index (χ1n) is 7.07. The van der Waals surface area contributed by atoms with Crippen LogP contribution in [0.2, 0.25) is 0 Å². The predicted molar refractivity (Wildman–Crippen MR) is 85.1 cm³/mol. The number of carboxylic acid groups (broad SMARTS) is 1. The topological polar surface area (TPSA) is 77.8 Å². The molecule has 0 heterocycles. The molecule has 0 fully saturated rings. The fraction of sp³-hybridized carbons (Fsp3) is 0.278. The molecule has 22 heavy (non-hydrogen) atoms. The highest BCUT2D eigenvalue weighted by molar-refractivity contribution is 5.66. The Balaban J connectivity index is 2.33. The second-order valence-electron chi connectivity index (χ2n) is 4.72. The van der Waals surface area contributed by atoms with Crippen molar-refractivity contribution in [2.45, 2.75) is 31.5 Å². The molecule has 4 heteroatoms. The fourth-order valence-electron chi connectivity index (χ4n) is 1.69. The van der Waals surface area contributed by atoms with E-state index in [1.165, 1.54) is 6.08 Å². The van der Waals surface area contributed by atoms with Crippen molar-refractivity contribution in [1.29, 1.82) is 0 Å². The molecule has 0 unspecified atom stereocenters. The van der Waals surface area contributed by atoms with Gasteiger partial charge in [0.05, 0.1) is 12.2 Å². The molecule has 1 rings (SSSR count). The average molecular weight is 300 g/mol.